The summed E-state index contributed by atoms with van der Waals surface area (Å²) in [5.74, 6) is 6.50. The Balaban J connectivity index is 1.73. The number of aromatic nitrogens is 2. The first-order chi connectivity index (χ1) is 8.38. The zero-order chi connectivity index (χ0) is 11.9. The fourth-order valence-corrected chi connectivity index (χ4v) is 2.05. The Morgan fingerprint density at radius 2 is 2.12 bits per heavy atom. The van der Waals surface area contributed by atoms with E-state index in [9.17, 15) is 0 Å². The molecule has 2 rings (SSSR count). The first-order valence-electron chi connectivity index (χ1n) is 6.14. The molecule has 1 aliphatic rings. The van der Waals surface area contributed by atoms with Crippen molar-refractivity contribution in [3.8, 4) is 0 Å². The predicted molar refractivity (Wildman–Crippen MR) is 68.6 cm³/mol. The van der Waals surface area contributed by atoms with Crippen molar-refractivity contribution in [3.63, 3.8) is 0 Å². The third kappa shape index (κ3) is 3.83. The van der Waals surface area contributed by atoms with Crippen molar-refractivity contribution in [2.75, 3.05) is 36.9 Å². The van der Waals surface area contributed by atoms with Gasteiger partial charge in [0.05, 0.1) is 0 Å². The Bertz CT molecular complexity index is 336. The van der Waals surface area contributed by atoms with E-state index in [1.165, 1.54) is 32.4 Å². The van der Waals surface area contributed by atoms with Crippen molar-refractivity contribution in [1.82, 2.24) is 14.9 Å². The molecule has 6 heteroatoms. The average Bonchev–Trinajstić information content (AvgIpc) is 2.40. The first-order valence-corrected chi connectivity index (χ1v) is 6.14. The number of piperidine rings is 1. The van der Waals surface area contributed by atoms with E-state index in [-0.39, 0.29) is 0 Å². The molecule has 1 aliphatic heterocycles. The van der Waals surface area contributed by atoms with E-state index in [4.69, 9.17) is 5.84 Å². The number of nitrogens with one attached hydrogen (secondary N) is 2. The summed E-state index contributed by atoms with van der Waals surface area (Å²) in [6, 6.07) is 1.84. The van der Waals surface area contributed by atoms with Gasteiger partial charge in [-0.3, -0.25) is 5.43 Å². The quantitative estimate of drug-likeness (QED) is 0.515. The van der Waals surface area contributed by atoms with Gasteiger partial charge in [0.1, 0.15) is 5.82 Å². The van der Waals surface area contributed by atoms with Crippen LogP contribution in [-0.2, 0) is 0 Å². The zero-order valence-corrected chi connectivity index (χ0v) is 10.0. The van der Waals surface area contributed by atoms with E-state index in [0.29, 0.717) is 5.95 Å². The maximum absolute atomic E-state index is 5.25. The van der Waals surface area contributed by atoms with E-state index in [0.717, 1.165) is 18.9 Å². The molecule has 4 N–H and O–H groups in total. The number of rotatable bonds is 5. The summed E-state index contributed by atoms with van der Waals surface area (Å²) in [6.07, 6.45) is 5.72. The molecule has 0 saturated carbocycles. The average molecular weight is 236 g/mol. The van der Waals surface area contributed by atoms with Gasteiger partial charge in [-0.15, -0.1) is 0 Å². The van der Waals surface area contributed by atoms with Crippen LogP contribution in [-0.4, -0.2) is 41.0 Å². The van der Waals surface area contributed by atoms with Crippen molar-refractivity contribution in [2.24, 2.45) is 5.84 Å². The molecule has 1 aromatic rings. The SMILES string of the molecule is NNc1nccc(NCCN2CCCCC2)n1. The molecule has 17 heavy (non-hydrogen) atoms. The van der Waals surface area contributed by atoms with Crippen molar-refractivity contribution in [2.45, 2.75) is 19.3 Å². The molecule has 0 aliphatic carbocycles. The largest absolute Gasteiger partial charge is 0.369 e. The fraction of sp³-hybridized carbons (Fsp3) is 0.636. The van der Waals surface area contributed by atoms with Gasteiger partial charge in [-0.2, -0.15) is 4.98 Å². The standard InChI is InChI=1S/C11H20N6/c12-16-11-14-5-4-10(15-11)13-6-9-17-7-2-1-3-8-17/h4-5H,1-3,6-9,12H2,(H2,13,14,15,16). The molecule has 0 aromatic carbocycles. The second kappa shape index (κ2) is 6.36. The molecule has 0 radical (unpaired) electrons. The van der Waals surface area contributed by atoms with Crippen molar-refractivity contribution in [3.05, 3.63) is 12.3 Å². The van der Waals surface area contributed by atoms with Crippen LogP contribution in [0.4, 0.5) is 11.8 Å². The normalized spacial score (nSPS) is 16.8. The molecule has 1 aromatic heterocycles. The summed E-state index contributed by atoms with van der Waals surface area (Å²) in [5.41, 5.74) is 2.43. The minimum absolute atomic E-state index is 0.438. The number of hydrazine groups is 1. The summed E-state index contributed by atoms with van der Waals surface area (Å²) in [6.45, 7) is 4.42. The Morgan fingerprint density at radius 3 is 2.88 bits per heavy atom. The van der Waals surface area contributed by atoms with Gasteiger partial charge in [0.15, 0.2) is 0 Å². The van der Waals surface area contributed by atoms with Gasteiger partial charge in [0.2, 0.25) is 5.95 Å². The van der Waals surface area contributed by atoms with Gasteiger partial charge in [-0.25, -0.2) is 10.8 Å². The Labute approximate surface area is 102 Å². The maximum atomic E-state index is 5.25. The first kappa shape index (κ1) is 12.1. The highest BCUT2D eigenvalue weighted by Gasteiger charge is 2.08. The third-order valence-electron chi connectivity index (χ3n) is 2.97. The van der Waals surface area contributed by atoms with Gasteiger partial charge >= 0.3 is 0 Å². The fourth-order valence-electron chi connectivity index (χ4n) is 2.05. The molecule has 0 spiro atoms. The molecule has 2 heterocycles. The second-order valence-corrected chi connectivity index (χ2v) is 4.24. The summed E-state index contributed by atoms with van der Waals surface area (Å²) in [4.78, 5) is 10.6. The van der Waals surface area contributed by atoms with Crippen LogP contribution in [0.5, 0.6) is 0 Å². The summed E-state index contributed by atoms with van der Waals surface area (Å²) in [7, 11) is 0. The lowest BCUT2D eigenvalue weighted by molar-refractivity contribution is 0.237. The molecular formula is C11H20N6. The van der Waals surface area contributed by atoms with Crippen LogP contribution in [0.25, 0.3) is 0 Å². The van der Waals surface area contributed by atoms with Gasteiger partial charge in [-0.1, -0.05) is 6.42 Å². The highest BCUT2D eigenvalue weighted by atomic mass is 15.3. The van der Waals surface area contributed by atoms with Crippen LogP contribution in [0, 0.1) is 0 Å². The predicted octanol–water partition coefficient (Wildman–Crippen LogP) is 0.660. The van der Waals surface area contributed by atoms with Gasteiger partial charge in [0, 0.05) is 19.3 Å². The topological polar surface area (TPSA) is 79.1 Å². The Hall–Kier alpha value is -1.40. The molecule has 0 amide bonds. The number of hydrogen-bond donors (Lipinski definition) is 3. The Kier molecular flexibility index (Phi) is 4.52. The van der Waals surface area contributed by atoms with Crippen LogP contribution in [0.15, 0.2) is 12.3 Å². The molecule has 1 fully saturated rings. The third-order valence-corrected chi connectivity index (χ3v) is 2.97. The summed E-state index contributed by atoms with van der Waals surface area (Å²) >= 11 is 0. The highest BCUT2D eigenvalue weighted by Crippen LogP contribution is 2.08. The van der Waals surface area contributed by atoms with Gasteiger partial charge in [-0.05, 0) is 32.0 Å². The lowest BCUT2D eigenvalue weighted by Gasteiger charge is -2.26. The van der Waals surface area contributed by atoms with E-state index in [1.807, 2.05) is 6.07 Å². The number of hydrogen-bond acceptors (Lipinski definition) is 6. The zero-order valence-electron chi connectivity index (χ0n) is 10.0. The molecule has 0 atom stereocenters. The lowest BCUT2D eigenvalue weighted by Crippen LogP contribution is -2.33. The molecule has 1 saturated heterocycles. The van der Waals surface area contributed by atoms with Crippen LogP contribution in [0.3, 0.4) is 0 Å². The number of nitrogens with two attached hydrogens (primary N) is 1. The number of nitrogens with zero attached hydrogens (tertiary/aromatic N) is 3. The highest BCUT2D eigenvalue weighted by molar-refractivity contribution is 5.38. The minimum atomic E-state index is 0.438. The van der Waals surface area contributed by atoms with Crippen LogP contribution in [0.2, 0.25) is 0 Å². The molecule has 94 valence electrons. The van der Waals surface area contributed by atoms with E-state index in [2.05, 4.69) is 25.6 Å². The van der Waals surface area contributed by atoms with Crippen LogP contribution >= 0.6 is 0 Å². The number of anilines is 2. The monoisotopic (exact) mass is 236 g/mol. The number of nitrogen functional groups attached to an aromatic ring is 1. The second-order valence-electron chi connectivity index (χ2n) is 4.24. The van der Waals surface area contributed by atoms with E-state index >= 15 is 0 Å². The lowest BCUT2D eigenvalue weighted by atomic mass is 10.1. The molecule has 0 bridgehead atoms. The molecular weight excluding hydrogens is 216 g/mol. The van der Waals surface area contributed by atoms with Crippen molar-refractivity contribution in [1.29, 1.82) is 0 Å². The maximum Gasteiger partial charge on any atom is 0.239 e. The van der Waals surface area contributed by atoms with E-state index < -0.39 is 0 Å². The smallest absolute Gasteiger partial charge is 0.239 e. The van der Waals surface area contributed by atoms with Crippen molar-refractivity contribution < 1.29 is 0 Å². The molecule has 0 unspecified atom stereocenters. The molecule has 6 nitrogen and oxygen atoms in total. The number of likely N-dealkylation sites (tertiary alicyclic amines) is 1. The van der Waals surface area contributed by atoms with Crippen LogP contribution < -0.4 is 16.6 Å². The Morgan fingerprint density at radius 1 is 1.29 bits per heavy atom. The van der Waals surface area contributed by atoms with E-state index in [1.54, 1.807) is 6.20 Å². The minimum Gasteiger partial charge on any atom is -0.369 e. The van der Waals surface area contributed by atoms with Crippen LogP contribution in [0.1, 0.15) is 19.3 Å². The van der Waals surface area contributed by atoms with Gasteiger partial charge in [0.25, 0.3) is 0 Å². The van der Waals surface area contributed by atoms with Crippen molar-refractivity contribution >= 4 is 11.8 Å². The van der Waals surface area contributed by atoms with Gasteiger partial charge < -0.3 is 10.2 Å². The summed E-state index contributed by atoms with van der Waals surface area (Å²) < 4.78 is 0. The summed E-state index contributed by atoms with van der Waals surface area (Å²) in [5, 5.41) is 3.28.